The molecule has 2 aromatic carbocycles. The SMILES string of the molecule is O=C(Nc1ccc(F)cc1)Nc1nc2ccccc2[nH]1. The Morgan fingerprint density at radius 3 is 2.55 bits per heavy atom. The van der Waals surface area contributed by atoms with Crippen LogP contribution in [-0.2, 0) is 0 Å². The van der Waals surface area contributed by atoms with Crippen LogP contribution in [-0.4, -0.2) is 16.0 Å². The van der Waals surface area contributed by atoms with Crippen molar-refractivity contribution in [1.82, 2.24) is 9.97 Å². The number of rotatable bonds is 2. The number of aromatic nitrogens is 2. The van der Waals surface area contributed by atoms with Crippen molar-refractivity contribution >= 4 is 28.7 Å². The first-order chi connectivity index (χ1) is 9.70. The summed E-state index contributed by atoms with van der Waals surface area (Å²) >= 11 is 0. The molecule has 0 fully saturated rings. The van der Waals surface area contributed by atoms with Crippen LogP contribution in [0.1, 0.15) is 0 Å². The number of benzene rings is 2. The molecule has 0 aliphatic heterocycles. The summed E-state index contributed by atoms with van der Waals surface area (Å²) in [4.78, 5) is 19.0. The molecule has 6 heteroatoms. The van der Waals surface area contributed by atoms with Crippen molar-refractivity contribution in [3.05, 3.63) is 54.3 Å². The zero-order valence-corrected chi connectivity index (χ0v) is 10.4. The van der Waals surface area contributed by atoms with Crippen LogP contribution in [0.3, 0.4) is 0 Å². The smallest absolute Gasteiger partial charge is 0.324 e. The van der Waals surface area contributed by atoms with Gasteiger partial charge in [-0.05, 0) is 36.4 Å². The van der Waals surface area contributed by atoms with Gasteiger partial charge < -0.3 is 10.3 Å². The molecule has 3 aromatic rings. The van der Waals surface area contributed by atoms with Crippen molar-refractivity contribution in [3.63, 3.8) is 0 Å². The van der Waals surface area contributed by atoms with Gasteiger partial charge in [-0.15, -0.1) is 0 Å². The van der Waals surface area contributed by atoms with Crippen LogP contribution in [0.15, 0.2) is 48.5 Å². The standard InChI is InChI=1S/C14H11FN4O/c15-9-5-7-10(8-6-9)16-14(20)19-13-17-11-3-1-2-4-12(11)18-13/h1-8H,(H3,16,17,18,19,20). The van der Waals surface area contributed by atoms with Crippen molar-refractivity contribution in [2.24, 2.45) is 0 Å². The molecule has 3 rings (SSSR count). The molecule has 1 heterocycles. The third-order valence-electron chi connectivity index (χ3n) is 2.72. The number of fused-ring (bicyclic) bond motifs is 1. The first kappa shape index (κ1) is 12.2. The van der Waals surface area contributed by atoms with Crippen LogP contribution in [0, 0.1) is 5.82 Å². The largest absolute Gasteiger partial charge is 0.326 e. The number of para-hydroxylation sites is 2. The van der Waals surface area contributed by atoms with E-state index in [1.165, 1.54) is 24.3 Å². The summed E-state index contributed by atoms with van der Waals surface area (Å²) in [7, 11) is 0. The van der Waals surface area contributed by atoms with Gasteiger partial charge in [-0.2, -0.15) is 0 Å². The minimum atomic E-state index is -0.448. The van der Waals surface area contributed by atoms with E-state index in [2.05, 4.69) is 20.6 Å². The Kier molecular flexibility index (Phi) is 3.04. The van der Waals surface area contributed by atoms with Crippen LogP contribution in [0.5, 0.6) is 0 Å². The van der Waals surface area contributed by atoms with Crippen LogP contribution in [0.25, 0.3) is 11.0 Å². The molecule has 2 amide bonds. The molecule has 20 heavy (non-hydrogen) atoms. The molecule has 0 atom stereocenters. The van der Waals surface area contributed by atoms with E-state index < -0.39 is 6.03 Å². The molecule has 1 aromatic heterocycles. The van der Waals surface area contributed by atoms with E-state index >= 15 is 0 Å². The van der Waals surface area contributed by atoms with Gasteiger partial charge in [-0.25, -0.2) is 14.2 Å². The second-order valence-electron chi connectivity index (χ2n) is 4.19. The molecule has 0 aliphatic carbocycles. The molecule has 0 bridgehead atoms. The highest BCUT2D eigenvalue weighted by molar-refractivity contribution is 5.99. The Morgan fingerprint density at radius 1 is 1.05 bits per heavy atom. The number of hydrogen-bond donors (Lipinski definition) is 3. The topological polar surface area (TPSA) is 69.8 Å². The van der Waals surface area contributed by atoms with Crippen LogP contribution in [0.4, 0.5) is 20.8 Å². The predicted molar refractivity (Wildman–Crippen MR) is 75.1 cm³/mol. The van der Waals surface area contributed by atoms with E-state index in [9.17, 15) is 9.18 Å². The Bertz CT molecular complexity index is 718. The molecule has 0 aliphatic rings. The lowest BCUT2D eigenvalue weighted by Gasteiger charge is -2.04. The Morgan fingerprint density at radius 2 is 1.80 bits per heavy atom. The molecule has 5 nitrogen and oxygen atoms in total. The fourth-order valence-electron chi connectivity index (χ4n) is 1.82. The first-order valence-corrected chi connectivity index (χ1v) is 5.99. The monoisotopic (exact) mass is 270 g/mol. The average molecular weight is 270 g/mol. The minimum absolute atomic E-state index is 0.353. The second-order valence-corrected chi connectivity index (χ2v) is 4.19. The van der Waals surface area contributed by atoms with E-state index in [4.69, 9.17) is 0 Å². The summed E-state index contributed by atoms with van der Waals surface area (Å²) in [6, 6.07) is 12.5. The Labute approximate surface area is 113 Å². The van der Waals surface area contributed by atoms with Crippen LogP contribution in [0.2, 0.25) is 0 Å². The first-order valence-electron chi connectivity index (χ1n) is 5.99. The number of amides is 2. The summed E-state index contributed by atoms with van der Waals surface area (Å²) in [5.74, 6) is -0.000876. The number of aromatic amines is 1. The van der Waals surface area contributed by atoms with Gasteiger partial charge in [0.15, 0.2) is 0 Å². The highest BCUT2D eigenvalue weighted by Crippen LogP contribution is 2.14. The van der Waals surface area contributed by atoms with Crippen molar-refractivity contribution in [1.29, 1.82) is 0 Å². The number of carbonyl (C=O) groups excluding carboxylic acids is 1. The number of H-pyrrole nitrogens is 1. The number of imidazole rings is 1. The number of halogens is 1. The van der Waals surface area contributed by atoms with E-state index in [0.717, 1.165) is 11.0 Å². The molecule has 3 N–H and O–H groups in total. The maximum absolute atomic E-state index is 12.7. The lowest BCUT2D eigenvalue weighted by Crippen LogP contribution is -2.20. The number of anilines is 2. The molecule has 0 radical (unpaired) electrons. The van der Waals surface area contributed by atoms with E-state index in [1.807, 2.05) is 24.3 Å². The highest BCUT2D eigenvalue weighted by atomic mass is 19.1. The molecule has 0 spiro atoms. The maximum Gasteiger partial charge on any atom is 0.326 e. The summed E-state index contributed by atoms with van der Waals surface area (Å²) in [6.45, 7) is 0. The zero-order valence-electron chi connectivity index (χ0n) is 10.4. The lowest BCUT2D eigenvalue weighted by atomic mass is 10.3. The van der Waals surface area contributed by atoms with Gasteiger partial charge in [-0.3, -0.25) is 5.32 Å². The minimum Gasteiger partial charge on any atom is -0.324 e. The van der Waals surface area contributed by atoms with Gasteiger partial charge >= 0.3 is 6.03 Å². The number of urea groups is 1. The van der Waals surface area contributed by atoms with Crippen molar-refractivity contribution in [2.75, 3.05) is 10.6 Å². The summed E-state index contributed by atoms with van der Waals surface area (Å²) < 4.78 is 12.7. The third-order valence-corrected chi connectivity index (χ3v) is 2.72. The highest BCUT2D eigenvalue weighted by Gasteiger charge is 2.06. The van der Waals surface area contributed by atoms with Gasteiger partial charge in [0.05, 0.1) is 11.0 Å². The number of hydrogen-bond acceptors (Lipinski definition) is 2. The Hall–Kier alpha value is -2.89. The zero-order chi connectivity index (χ0) is 13.9. The molecule has 0 saturated carbocycles. The van der Waals surface area contributed by atoms with Gasteiger partial charge in [0, 0.05) is 5.69 Å². The normalized spacial score (nSPS) is 10.4. The summed E-state index contributed by atoms with van der Waals surface area (Å²) in [6.07, 6.45) is 0. The lowest BCUT2D eigenvalue weighted by molar-refractivity contribution is 0.262. The van der Waals surface area contributed by atoms with Crippen LogP contribution < -0.4 is 10.6 Å². The van der Waals surface area contributed by atoms with E-state index in [-0.39, 0.29) is 5.82 Å². The average Bonchev–Trinajstić information content (AvgIpc) is 2.83. The predicted octanol–water partition coefficient (Wildman–Crippen LogP) is 3.35. The van der Waals surface area contributed by atoms with Gasteiger partial charge in [0.2, 0.25) is 5.95 Å². The summed E-state index contributed by atoms with van der Waals surface area (Å²) in [5.41, 5.74) is 2.11. The van der Waals surface area contributed by atoms with Gasteiger partial charge in [-0.1, -0.05) is 12.1 Å². The molecular weight excluding hydrogens is 259 g/mol. The molecule has 0 unspecified atom stereocenters. The van der Waals surface area contributed by atoms with Crippen molar-refractivity contribution in [3.8, 4) is 0 Å². The Balaban J connectivity index is 1.70. The molecular formula is C14H11FN4O. The van der Waals surface area contributed by atoms with E-state index in [1.54, 1.807) is 0 Å². The van der Waals surface area contributed by atoms with Crippen LogP contribution >= 0.6 is 0 Å². The number of carbonyl (C=O) groups is 1. The van der Waals surface area contributed by atoms with Crippen molar-refractivity contribution < 1.29 is 9.18 Å². The van der Waals surface area contributed by atoms with E-state index in [0.29, 0.717) is 11.6 Å². The maximum atomic E-state index is 12.7. The second kappa shape index (κ2) is 5.00. The quantitative estimate of drug-likeness (QED) is 0.668. The third kappa shape index (κ3) is 2.59. The molecule has 0 saturated heterocycles. The summed E-state index contributed by atoms with van der Waals surface area (Å²) in [5, 5.41) is 5.17. The fraction of sp³-hybridized carbons (Fsp3) is 0. The van der Waals surface area contributed by atoms with Gasteiger partial charge in [0.25, 0.3) is 0 Å². The van der Waals surface area contributed by atoms with Crippen molar-refractivity contribution in [2.45, 2.75) is 0 Å². The number of nitrogens with one attached hydrogen (secondary N) is 3. The fourth-order valence-corrected chi connectivity index (χ4v) is 1.82. The van der Waals surface area contributed by atoms with Gasteiger partial charge in [0.1, 0.15) is 5.82 Å². The number of nitrogens with zero attached hydrogens (tertiary/aromatic N) is 1. The molecule has 100 valence electrons.